The zero-order chi connectivity index (χ0) is 20.4. The molecule has 4 rings (SSSR count). The van der Waals surface area contributed by atoms with Gasteiger partial charge in [0.25, 0.3) is 0 Å². The van der Waals surface area contributed by atoms with E-state index in [2.05, 4.69) is 14.8 Å². The summed E-state index contributed by atoms with van der Waals surface area (Å²) in [6.07, 6.45) is -0.616. The lowest BCUT2D eigenvalue weighted by Crippen LogP contribution is -2.46. The highest BCUT2D eigenvalue weighted by Crippen LogP contribution is 2.29. The highest BCUT2D eigenvalue weighted by Gasteiger charge is 2.30. The maximum Gasteiger partial charge on any atom is 0.416 e. The predicted octanol–water partition coefficient (Wildman–Crippen LogP) is 4.87. The van der Waals surface area contributed by atoms with E-state index in [4.69, 9.17) is 11.6 Å². The average molecular weight is 421 g/mol. The summed E-state index contributed by atoms with van der Waals surface area (Å²) in [5, 5.41) is 0.670. The normalized spacial score (nSPS) is 15.7. The smallest absolute Gasteiger partial charge is 0.339 e. The fourth-order valence-electron chi connectivity index (χ4n) is 3.52. The van der Waals surface area contributed by atoms with Gasteiger partial charge in [-0.05, 0) is 35.9 Å². The lowest BCUT2D eigenvalue weighted by atomic mass is 10.1. The number of anilines is 1. The quantitative estimate of drug-likeness (QED) is 0.602. The monoisotopic (exact) mass is 420 g/mol. The van der Waals surface area contributed by atoms with Gasteiger partial charge in [0.15, 0.2) is 0 Å². The highest BCUT2D eigenvalue weighted by molar-refractivity contribution is 6.30. The van der Waals surface area contributed by atoms with E-state index in [1.165, 1.54) is 0 Å². The van der Waals surface area contributed by atoms with Gasteiger partial charge >= 0.3 is 6.18 Å². The van der Waals surface area contributed by atoms with Crippen LogP contribution in [0, 0.1) is 0 Å². The standard InChI is InChI=1S/C21H20ClF3N4/c22-18-2-1-3-19(14-18)29-9-8-26-20(29)28-12-10-27(11-13-28)15-16-4-6-17(7-5-16)21(23,24)25/h1-9,14H,10-13,15H2. The average Bonchev–Trinajstić information content (AvgIpc) is 3.18. The second-order valence-corrected chi connectivity index (χ2v) is 7.47. The van der Waals surface area contributed by atoms with Crippen LogP contribution in [0.1, 0.15) is 11.1 Å². The topological polar surface area (TPSA) is 24.3 Å². The molecule has 0 amide bonds. The van der Waals surface area contributed by atoms with Gasteiger partial charge in [-0.15, -0.1) is 0 Å². The van der Waals surface area contributed by atoms with Crippen LogP contribution in [0.15, 0.2) is 60.9 Å². The number of nitrogens with zero attached hydrogens (tertiary/aromatic N) is 4. The molecule has 0 spiro atoms. The van der Waals surface area contributed by atoms with Crippen LogP contribution >= 0.6 is 11.6 Å². The van der Waals surface area contributed by atoms with Crippen molar-refractivity contribution in [3.63, 3.8) is 0 Å². The Morgan fingerprint density at radius 3 is 2.34 bits per heavy atom. The Hall–Kier alpha value is -2.51. The van der Waals surface area contributed by atoms with Crippen molar-refractivity contribution in [3.8, 4) is 5.69 Å². The van der Waals surface area contributed by atoms with Gasteiger partial charge in [0.1, 0.15) is 0 Å². The summed E-state index contributed by atoms with van der Waals surface area (Å²) in [6.45, 7) is 3.83. The van der Waals surface area contributed by atoms with E-state index in [0.29, 0.717) is 11.6 Å². The number of benzene rings is 2. The third-order valence-electron chi connectivity index (χ3n) is 5.05. The van der Waals surface area contributed by atoms with Gasteiger partial charge in [-0.2, -0.15) is 13.2 Å². The minimum Gasteiger partial charge on any atom is -0.339 e. The first-order valence-electron chi connectivity index (χ1n) is 9.33. The summed E-state index contributed by atoms with van der Waals surface area (Å²) in [5.74, 6) is 0.862. The van der Waals surface area contributed by atoms with Crippen molar-refractivity contribution in [2.45, 2.75) is 12.7 Å². The molecule has 0 saturated carbocycles. The maximum absolute atomic E-state index is 12.7. The number of aromatic nitrogens is 2. The molecule has 0 atom stereocenters. The van der Waals surface area contributed by atoms with Crippen LogP contribution in [-0.4, -0.2) is 40.6 Å². The molecule has 1 saturated heterocycles. The van der Waals surface area contributed by atoms with E-state index < -0.39 is 11.7 Å². The number of alkyl halides is 3. The molecule has 3 aromatic rings. The van der Waals surface area contributed by atoms with Gasteiger partial charge < -0.3 is 4.90 Å². The highest BCUT2D eigenvalue weighted by atomic mass is 35.5. The number of halogens is 4. The first kappa shape index (κ1) is 19.8. The molecule has 29 heavy (non-hydrogen) atoms. The molecule has 0 aliphatic carbocycles. The Balaban J connectivity index is 1.39. The van der Waals surface area contributed by atoms with Crippen LogP contribution in [0.4, 0.5) is 19.1 Å². The van der Waals surface area contributed by atoms with E-state index in [1.807, 2.05) is 35.0 Å². The van der Waals surface area contributed by atoms with Crippen molar-refractivity contribution >= 4 is 17.5 Å². The zero-order valence-electron chi connectivity index (χ0n) is 15.6. The molecule has 2 aromatic carbocycles. The minimum absolute atomic E-state index is 0.612. The summed E-state index contributed by atoms with van der Waals surface area (Å²) < 4.78 is 40.1. The first-order valence-corrected chi connectivity index (χ1v) is 9.71. The largest absolute Gasteiger partial charge is 0.416 e. The molecule has 1 aliphatic heterocycles. The van der Waals surface area contributed by atoms with Gasteiger partial charge in [-0.25, -0.2) is 4.98 Å². The molecule has 0 radical (unpaired) electrons. The predicted molar refractivity (Wildman–Crippen MR) is 108 cm³/mol. The lowest BCUT2D eigenvalue weighted by molar-refractivity contribution is -0.137. The summed E-state index contributed by atoms with van der Waals surface area (Å²) in [5.41, 5.74) is 1.22. The Kier molecular flexibility index (Phi) is 5.52. The number of rotatable bonds is 4. The Bertz CT molecular complexity index is 961. The molecule has 2 heterocycles. The summed E-state index contributed by atoms with van der Waals surface area (Å²) in [4.78, 5) is 8.96. The van der Waals surface area contributed by atoms with Crippen LogP contribution in [-0.2, 0) is 12.7 Å². The van der Waals surface area contributed by atoms with E-state index in [9.17, 15) is 13.2 Å². The molecular formula is C21H20ClF3N4. The number of hydrogen-bond acceptors (Lipinski definition) is 3. The molecule has 1 aromatic heterocycles. The van der Waals surface area contributed by atoms with Crippen molar-refractivity contribution in [2.75, 3.05) is 31.1 Å². The van der Waals surface area contributed by atoms with E-state index in [-0.39, 0.29) is 0 Å². The fourth-order valence-corrected chi connectivity index (χ4v) is 3.70. The third-order valence-corrected chi connectivity index (χ3v) is 5.29. The van der Waals surface area contributed by atoms with Gasteiger partial charge in [0, 0.05) is 55.8 Å². The minimum atomic E-state index is -4.30. The molecule has 1 fully saturated rings. The third kappa shape index (κ3) is 4.57. The van der Waals surface area contributed by atoms with E-state index >= 15 is 0 Å². The molecule has 1 aliphatic rings. The van der Waals surface area contributed by atoms with E-state index in [1.54, 1.807) is 18.3 Å². The molecule has 4 nitrogen and oxygen atoms in total. The van der Waals surface area contributed by atoms with Crippen LogP contribution in [0.5, 0.6) is 0 Å². The summed E-state index contributed by atoms with van der Waals surface area (Å²) >= 11 is 6.11. The van der Waals surface area contributed by atoms with Crippen LogP contribution in [0.25, 0.3) is 5.69 Å². The Morgan fingerprint density at radius 1 is 0.966 bits per heavy atom. The van der Waals surface area contributed by atoms with Crippen molar-refractivity contribution < 1.29 is 13.2 Å². The van der Waals surface area contributed by atoms with Crippen LogP contribution < -0.4 is 4.90 Å². The van der Waals surface area contributed by atoms with Crippen molar-refractivity contribution in [3.05, 3.63) is 77.1 Å². The Labute approximate surface area is 172 Å². The Morgan fingerprint density at radius 2 is 1.69 bits per heavy atom. The van der Waals surface area contributed by atoms with Crippen molar-refractivity contribution in [1.29, 1.82) is 0 Å². The number of piperazine rings is 1. The summed E-state index contributed by atoms with van der Waals surface area (Å²) in [7, 11) is 0. The molecule has 0 N–H and O–H groups in total. The van der Waals surface area contributed by atoms with E-state index in [0.717, 1.165) is 55.5 Å². The van der Waals surface area contributed by atoms with Crippen LogP contribution in [0.2, 0.25) is 5.02 Å². The van der Waals surface area contributed by atoms with Gasteiger partial charge in [-0.1, -0.05) is 29.8 Å². The fraction of sp³-hybridized carbons (Fsp3) is 0.286. The number of imidazole rings is 1. The van der Waals surface area contributed by atoms with Gasteiger partial charge in [0.05, 0.1) is 5.56 Å². The van der Waals surface area contributed by atoms with Crippen molar-refractivity contribution in [2.24, 2.45) is 0 Å². The molecule has 8 heteroatoms. The molecule has 0 bridgehead atoms. The molecular weight excluding hydrogens is 401 g/mol. The number of hydrogen-bond donors (Lipinski definition) is 0. The SMILES string of the molecule is FC(F)(F)c1ccc(CN2CCN(c3nccn3-c3cccc(Cl)c3)CC2)cc1. The maximum atomic E-state index is 12.7. The second kappa shape index (κ2) is 8.08. The lowest BCUT2D eigenvalue weighted by Gasteiger charge is -2.35. The molecule has 0 unspecified atom stereocenters. The van der Waals surface area contributed by atoms with Gasteiger partial charge in [-0.3, -0.25) is 9.47 Å². The van der Waals surface area contributed by atoms with Crippen molar-refractivity contribution in [1.82, 2.24) is 14.5 Å². The van der Waals surface area contributed by atoms with Crippen LogP contribution in [0.3, 0.4) is 0 Å². The first-order chi connectivity index (χ1) is 13.9. The zero-order valence-corrected chi connectivity index (χ0v) is 16.4. The van der Waals surface area contributed by atoms with Gasteiger partial charge in [0.2, 0.25) is 5.95 Å². The second-order valence-electron chi connectivity index (χ2n) is 7.03. The summed E-state index contributed by atoms with van der Waals surface area (Å²) in [6, 6.07) is 13.0. The molecule has 152 valence electrons.